The van der Waals surface area contributed by atoms with Crippen LogP contribution in [0.5, 0.6) is 11.5 Å². The van der Waals surface area contributed by atoms with Crippen molar-refractivity contribution >= 4 is 16.1 Å². The van der Waals surface area contributed by atoms with Crippen LogP contribution in [-0.4, -0.2) is 87.3 Å². The van der Waals surface area contributed by atoms with Gasteiger partial charge in [0.25, 0.3) is 0 Å². The molecule has 250 valence electrons. The highest BCUT2D eigenvalue weighted by Crippen LogP contribution is 2.33. The lowest BCUT2D eigenvalue weighted by atomic mass is 10.0. The fourth-order valence-corrected chi connectivity index (χ4v) is 5.69. The molecule has 2 fully saturated rings. The summed E-state index contributed by atoms with van der Waals surface area (Å²) in [5.74, 6) is -6.70. The van der Waals surface area contributed by atoms with Crippen LogP contribution in [0.1, 0.15) is 65.4 Å². The van der Waals surface area contributed by atoms with Gasteiger partial charge in [-0.15, -0.1) is 0 Å². The topological polar surface area (TPSA) is 133 Å². The van der Waals surface area contributed by atoms with Gasteiger partial charge in [-0.1, -0.05) is 25.8 Å². The van der Waals surface area contributed by atoms with E-state index < -0.39 is 139 Å². The molecule has 2 aromatic rings. The van der Waals surface area contributed by atoms with Gasteiger partial charge in [0.2, 0.25) is 10.0 Å². The summed E-state index contributed by atoms with van der Waals surface area (Å²) < 4.78 is 231. The molecule has 0 saturated carbocycles. The van der Waals surface area contributed by atoms with E-state index in [1.165, 1.54) is 0 Å². The summed E-state index contributed by atoms with van der Waals surface area (Å²) in [5.41, 5.74) is -0.0359. The average molecular weight is 676 g/mol. The van der Waals surface area contributed by atoms with Crippen LogP contribution in [0.25, 0.3) is 0 Å². The van der Waals surface area contributed by atoms with Crippen molar-refractivity contribution < 1.29 is 76.8 Å². The van der Waals surface area contributed by atoms with Crippen molar-refractivity contribution in [3.05, 3.63) is 54.1 Å². The van der Waals surface area contributed by atoms with Crippen molar-refractivity contribution in [1.29, 1.82) is 0 Å². The monoisotopic (exact) mass is 675 g/mol. The molecule has 45 heavy (non-hydrogen) atoms. The minimum Gasteiger partial charge on any atom is -0.491 e. The first-order chi connectivity index (χ1) is 28.8. The Hall–Kier alpha value is -3.04. The Morgan fingerprint density at radius 3 is 2.51 bits per heavy atom. The van der Waals surface area contributed by atoms with E-state index in [1.54, 1.807) is 0 Å². The maximum atomic E-state index is 14.3. The van der Waals surface area contributed by atoms with Gasteiger partial charge in [0.15, 0.2) is 6.29 Å². The van der Waals surface area contributed by atoms with E-state index in [0.29, 0.717) is 24.3 Å². The highest BCUT2D eigenvalue weighted by molar-refractivity contribution is 7.89. The number of carbonyl (C=O) groups excluding carboxylic acids is 1. The second-order valence-electron chi connectivity index (χ2n) is 9.58. The van der Waals surface area contributed by atoms with Crippen LogP contribution in [0, 0.1) is 11.8 Å². The number of ether oxygens (including phenoxy) is 5. The first-order valence-electron chi connectivity index (χ1n) is 22.6. The zero-order valence-electron chi connectivity index (χ0n) is 42.2. The van der Waals surface area contributed by atoms with E-state index in [-0.39, 0.29) is 18.6 Å². The van der Waals surface area contributed by atoms with Gasteiger partial charge in [-0.25, -0.2) is 13.2 Å². The molecule has 2 aliphatic heterocycles. The number of aliphatic hydroxyl groups excluding tert-OH is 1. The van der Waals surface area contributed by atoms with Crippen molar-refractivity contribution in [2.45, 2.75) is 82.4 Å². The maximum absolute atomic E-state index is 14.3. The summed E-state index contributed by atoms with van der Waals surface area (Å²) >= 11 is 0. The number of amides is 1. The summed E-state index contributed by atoms with van der Waals surface area (Å²) in [5, 5.41) is 13.9. The van der Waals surface area contributed by atoms with Crippen LogP contribution < -0.4 is 14.8 Å². The fourth-order valence-electron chi connectivity index (χ4n) is 4.40. The van der Waals surface area contributed by atoms with Gasteiger partial charge >= 0.3 is 12.7 Å². The number of carbonyl (C=O) groups is 1. The number of fused-ring (bicyclic) bond motifs is 1. The van der Waals surface area contributed by atoms with Crippen molar-refractivity contribution in [3.63, 3.8) is 0 Å². The number of benzene rings is 2. The van der Waals surface area contributed by atoms with Gasteiger partial charge < -0.3 is 34.1 Å². The molecule has 1 amide bonds. The minimum absolute atomic E-state index is 0.0314. The lowest BCUT2D eigenvalue weighted by molar-refractivity contribution is -0.0907. The van der Waals surface area contributed by atoms with Gasteiger partial charge in [0.1, 0.15) is 17.6 Å². The molecule has 2 aromatic carbocycles. The molecule has 2 N–H and O–H groups in total. The quantitative estimate of drug-likeness (QED) is 0.285. The number of sulfonamides is 1. The first kappa shape index (κ1) is 17.2. The van der Waals surface area contributed by atoms with Gasteiger partial charge in [-0.2, -0.15) is 13.1 Å². The smallest absolute Gasteiger partial charge is 0.407 e. The number of rotatable bonds is 15. The van der Waals surface area contributed by atoms with Crippen LogP contribution in [0.2, 0.25) is 0 Å². The largest absolute Gasteiger partial charge is 0.491 e. The molecule has 2 saturated heterocycles. The molecule has 0 unspecified atom stereocenters. The van der Waals surface area contributed by atoms with Crippen LogP contribution in [0.15, 0.2) is 53.4 Å². The molecule has 14 heteroatoms. The normalized spacial score (nSPS) is 32.2. The number of aliphatic hydroxyl groups is 1. The predicted octanol–water partition coefficient (Wildman–Crippen LogP) is 4.18. The summed E-state index contributed by atoms with van der Waals surface area (Å²) in [6, 6.07) is 4.54. The van der Waals surface area contributed by atoms with Crippen LogP contribution in [0.3, 0.4) is 0 Å². The average Bonchev–Trinajstić information content (AvgIpc) is 3.66. The number of hydrogen-bond donors (Lipinski definition) is 2. The van der Waals surface area contributed by atoms with Crippen LogP contribution in [0.4, 0.5) is 13.6 Å². The number of alkyl halides is 2. The Labute approximate surface area is 289 Å². The number of nitrogens with zero attached hydrogens (tertiary/aromatic N) is 1. The van der Waals surface area contributed by atoms with Crippen molar-refractivity contribution in [3.8, 4) is 11.5 Å². The van der Waals surface area contributed by atoms with Crippen molar-refractivity contribution in [1.82, 2.24) is 9.62 Å². The summed E-state index contributed by atoms with van der Waals surface area (Å²) in [6.45, 7) is -27.9. The Morgan fingerprint density at radius 1 is 1.16 bits per heavy atom. The van der Waals surface area contributed by atoms with E-state index in [4.69, 9.17) is 45.0 Å². The third-order valence-electron chi connectivity index (χ3n) is 6.45. The molecule has 0 aromatic heterocycles. The summed E-state index contributed by atoms with van der Waals surface area (Å²) in [6.07, 6.45) is -12.6. The first-order valence-corrected chi connectivity index (χ1v) is 14.5. The highest BCUT2D eigenvalue weighted by Gasteiger charge is 2.44. The summed E-state index contributed by atoms with van der Waals surface area (Å²) in [4.78, 5) is 12.6. The third-order valence-corrected chi connectivity index (χ3v) is 8.14. The Kier molecular flexibility index (Phi) is 5.93. The van der Waals surface area contributed by atoms with Crippen LogP contribution in [-0.2, 0) is 30.7 Å². The number of nitrogens with one attached hydrogen (secondary N) is 1. The lowest BCUT2D eigenvalue weighted by Crippen LogP contribution is -2.51. The van der Waals surface area contributed by atoms with Gasteiger partial charge in [0.05, 0.1) is 47.7 Å². The van der Waals surface area contributed by atoms with Crippen molar-refractivity contribution in [2.75, 3.05) is 26.2 Å². The molecule has 0 radical (unpaired) electrons. The second kappa shape index (κ2) is 15.5. The molecular weight excluding hydrogens is 614 g/mol. The Bertz CT molecular complexity index is 2050. The molecule has 0 bridgehead atoms. The van der Waals surface area contributed by atoms with E-state index >= 15 is 0 Å². The van der Waals surface area contributed by atoms with Gasteiger partial charge in [0, 0.05) is 33.6 Å². The molecule has 4 rings (SSSR count). The molecule has 0 spiro atoms. The van der Waals surface area contributed by atoms with E-state index in [9.17, 15) is 27.1 Å². The number of halogens is 2. The van der Waals surface area contributed by atoms with E-state index in [0.717, 1.165) is 24.3 Å². The lowest BCUT2D eigenvalue weighted by Gasteiger charge is -2.31. The van der Waals surface area contributed by atoms with Crippen molar-refractivity contribution in [2.24, 2.45) is 11.8 Å². The maximum Gasteiger partial charge on any atom is 0.407 e. The molecule has 11 nitrogen and oxygen atoms in total. The van der Waals surface area contributed by atoms with Gasteiger partial charge in [-0.05, 0) is 74.4 Å². The zero-order valence-corrected chi connectivity index (χ0v) is 24.0. The minimum atomic E-state index is -5.68. The van der Waals surface area contributed by atoms with E-state index in [1.807, 2.05) is 0 Å². The highest BCUT2D eigenvalue weighted by atomic mass is 32.2. The fraction of sp³-hybridized carbons (Fsp3) is 0.581. The Balaban J connectivity index is 1.83. The zero-order chi connectivity index (χ0) is 49.1. The number of alkyl carbamates (subject to hydrolysis) is 1. The SMILES string of the molecule is [2H]C([2H])([2H])C([2H])(Oc1ccc(C[C@H](NC(=O)O[C@]2([2H])[C@@H]3CCO[C@@H]3OC2([2H])[2H])[C@H](O)CN(C([2H])([2H])C([2H])(C([2H])([2H])[2H])C([2H])([2H])[2H])S(=O)(=O)c2ccc(OC(F)F)cc2)cc1)C([2H])([2H])[2H]. The molecule has 2 heterocycles. The molecular formula is C31H42F2N2O9S. The predicted molar refractivity (Wildman–Crippen MR) is 160 cm³/mol. The second-order valence-corrected chi connectivity index (χ2v) is 11.4. The summed E-state index contributed by atoms with van der Waals surface area (Å²) in [7, 11) is -5.68. The van der Waals surface area contributed by atoms with Crippen LogP contribution >= 0.6 is 0 Å². The standard InChI is InChI=1S/C31H42F2N2O9S/c1-19(2)16-35(45(38,39)24-11-9-23(10-12-24)43-30(32)33)17-27(36)26(15-21-5-7-22(8-6-21)42-20(3)4)34-31(37)44-28-18-41-29-25(28)13-14-40-29/h5-12,19-20,25-30,36H,13-18H2,1-4H3,(H,34,37)/t25-,26-,27+,28-,29+/m0/s1/i1D3,2D3,3D3,4D3,16D2,18D2,19D,20D,28D. The number of hydrogen-bond acceptors (Lipinski definition) is 9. The third kappa shape index (κ3) is 9.72. The molecule has 2 aliphatic rings. The van der Waals surface area contributed by atoms with E-state index in [2.05, 4.69) is 10.1 Å². The molecule has 5 atom stereocenters. The molecule has 0 aliphatic carbocycles. The Morgan fingerprint density at radius 2 is 1.84 bits per heavy atom. The van der Waals surface area contributed by atoms with Gasteiger partial charge in [-0.3, -0.25) is 0 Å².